The zero-order chi connectivity index (χ0) is 25.5. The summed E-state index contributed by atoms with van der Waals surface area (Å²) in [7, 11) is -3.83. The monoisotopic (exact) mass is 489 g/mol. The van der Waals surface area contributed by atoms with Crippen LogP contribution in [0.15, 0.2) is 54.6 Å². The summed E-state index contributed by atoms with van der Waals surface area (Å²) in [5.74, 6) is -0.467. The summed E-state index contributed by atoms with van der Waals surface area (Å²) in [6.07, 6.45) is 1.04. The summed E-state index contributed by atoms with van der Waals surface area (Å²) in [6, 6.07) is 15.1. The summed E-state index contributed by atoms with van der Waals surface area (Å²) in [4.78, 5) is 27.9. The van der Waals surface area contributed by atoms with Gasteiger partial charge in [0.1, 0.15) is 18.3 Å². The van der Waals surface area contributed by atoms with Crippen molar-refractivity contribution in [3.8, 4) is 5.75 Å². The first-order valence-corrected chi connectivity index (χ1v) is 13.0. The second-order valence-electron chi connectivity index (χ2n) is 9.09. The van der Waals surface area contributed by atoms with E-state index in [1.54, 1.807) is 38.1 Å². The van der Waals surface area contributed by atoms with Crippen molar-refractivity contribution >= 4 is 27.5 Å². The van der Waals surface area contributed by atoms with Gasteiger partial charge < -0.3 is 15.0 Å². The van der Waals surface area contributed by atoms with E-state index >= 15 is 0 Å². The molecule has 1 atom stereocenters. The molecule has 0 aromatic heterocycles. The van der Waals surface area contributed by atoms with Crippen molar-refractivity contribution < 1.29 is 22.7 Å². The standard InChI is InChI=1S/C25H35N3O5S/c1-7-33-22-16-12-11-15-21(22)28(34(6,31)32)18-23(29)27(17-20-13-9-8-10-14-20)19(2)24(30)26-25(3,4)5/h8-16,19H,7,17-18H2,1-6H3,(H,26,30)/t19-/m0/s1. The first-order valence-electron chi connectivity index (χ1n) is 11.2. The summed E-state index contributed by atoms with van der Waals surface area (Å²) in [6.45, 7) is 9.04. The van der Waals surface area contributed by atoms with E-state index in [0.29, 0.717) is 12.4 Å². The highest BCUT2D eigenvalue weighted by atomic mass is 32.2. The van der Waals surface area contributed by atoms with Crippen molar-refractivity contribution in [3.63, 3.8) is 0 Å². The number of carbonyl (C=O) groups is 2. The maximum Gasteiger partial charge on any atom is 0.244 e. The number of sulfonamides is 1. The van der Waals surface area contributed by atoms with Crippen LogP contribution in [0.3, 0.4) is 0 Å². The van der Waals surface area contributed by atoms with Gasteiger partial charge in [-0.15, -0.1) is 0 Å². The van der Waals surface area contributed by atoms with E-state index in [2.05, 4.69) is 5.32 Å². The summed E-state index contributed by atoms with van der Waals surface area (Å²) in [5.41, 5.74) is 0.612. The van der Waals surface area contributed by atoms with Crippen LogP contribution < -0.4 is 14.4 Å². The van der Waals surface area contributed by atoms with Crippen LogP contribution in [0, 0.1) is 0 Å². The van der Waals surface area contributed by atoms with Gasteiger partial charge in [0.2, 0.25) is 21.8 Å². The van der Waals surface area contributed by atoms with Gasteiger partial charge in [-0.3, -0.25) is 13.9 Å². The zero-order valence-corrected chi connectivity index (χ0v) is 21.6. The maximum absolute atomic E-state index is 13.6. The van der Waals surface area contributed by atoms with Crippen molar-refractivity contribution in [2.75, 3.05) is 23.7 Å². The SMILES string of the molecule is CCOc1ccccc1N(CC(=O)N(Cc1ccccc1)[C@@H](C)C(=O)NC(C)(C)C)S(C)(=O)=O. The highest BCUT2D eigenvalue weighted by Gasteiger charge is 2.32. The lowest BCUT2D eigenvalue weighted by molar-refractivity contribution is -0.140. The molecule has 2 amide bonds. The van der Waals surface area contributed by atoms with E-state index in [0.717, 1.165) is 16.1 Å². The molecule has 0 radical (unpaired) electrons. The zero-order valence-electron chi connectivity index (χ0n) is 20.7. The highest BCUT2D eigenvalue weighted by Crippen LogP contribution is 2.30. The van der Waals surface area contributed by atoms with E-state index in [9.17, 15) is 18.0 Å². The lowest BCUT2D eigenvalue weighted by atomic mass is 10.1. The Morgan fingerprint density at radius 1 is 1.03 bits per heavy atom. The van der Waals surface area contributed by atoms with Gasteiger partial charge in [-0.25, -0.2) is 8.42 Å². The Balaban J connectivity index is 2.42. The molecule has 0 unspecified atom stereocenters. The number of para-hydroxylation sites is 2. The van der Waals surface area contributed by atoms with Crippen LogP contribution in [0.5, 0.6) is 5.75 Å². The Bertz CT molecular complexity index is 1080. The molecule has 1 N–H and O–H groups in total. The number of anilines is 1. The first kappa shape index (κ1) is 27.2. The van der Waals surface area contributed by atoms with Crippen molar-refractivity contribution in [1.82, 2.24) is 10.2 Å². The summed E-state index contributed by atoms with van der Waals surface area (Å²) < 4.78 is 32.0. The Morgan fingerprint density at radius 2 is 1.62 bits per heavy atom. The Labute approximate surface area is 202 Å². The third kappa shape index (κ3) is 7.76. The van der Waals surface area contributed by atoms with E-state index in [-0.39, 0.29) is 18.1 Å². The molecular formula is C25H35N3O5S. The number of amides is 2. The van der Waals surface area contributed by atoms with Crippen LogP contribution in [0.1, 0.15) is 40.2 Å². The second-order valence-corrected chi connectivity index (χ2v) is 11.0. The number of nitrogens with zero attached hydrogens (tertiary/aromatic N) is 2. The fourth-order valence-electron chi connectivity index (χ4n) is 3.37. The molecule has 2 aromatic carbocycles. The minimum absolute atomic E-state index is 0.156. The maximum atomic E-state index is 13.6. The quantitative estimate of drug-likeness (QED) is 0.553. The minimum atomic E-state index is -3.83. The number of hydrogen-bond acceptors (Lipinski definition) is 5. The van der Waals surface area contributed by atoms with Crippen LogP contribution in [0.2, 0.25) is 0 Å². The normalized spacial score (nSPS) is 12.5. The van der Waals surface area contributed by atoms with Crippen LogP contribution in [-0.4, -0.2) is 56.1 Å². The van der Waals surface area contributed by atoms with Crippen molar-refractivity contribution in [3.05, 3.63) is 60.2 Å². The van der Waals surface area contributed by atoms with Gasteiger partial charge in [0.15, 0.2) is 0 Å². The summed E-state index contributed by atoms with van der Waals surface area (Å²) >= 11 is 0. The lowest BCUT2D eigenvalue weighted by Crippen LogP contribution is -2.54. The molecule has 0 heterocycles. The topological polar surface area (TPSA) is 96.0 Å². The molecule has 0 aliphatic carbocycles. The van der Waals surface area contributed by atoms with Crippen LogP contribution in [0.4, 0.5) is 5.69 Å². The van der Waals surface area contributed by atoms with Gasteiger partial charge in [0.05, 0.1) is 18.6 Å². The van der Waals surface area contributed by atoms with Crippen molar-refractivity contribution in [1.29, 1.82) is 0 Å². The lowest BCUT2D eigenvalue weighted by Gasteiger charge is -2.33. The molecule has 2 aromatic rings. The molecule has 2 rings (SSSR count). The highest BCUT2D eigenvalue weighted by molar-refractivity contribution is 7.92. The Morgan fingerprint density at radius 3 is 2.18 bits per heavy atom. The number of carbonyl (C=O) groups excluding carboxylic acids is 2. The van der Waals surface area contributed by atoms with Crippen LogP contribution in [-0.2, 0) is 26.2 Å². The smallest absolute Gasteiger partial charge is 0.244 e. The van der Waals surface area contributed by atoms with E-state index in [1.165, 1.54) is 4.90 Å². The average Bonchev–Trinajstić information content (AvgIpc) is 2.75. The van der Waals surface area contributed by atoms with Crippen molar-refractivity contribution in [2.45, 2.75) is 52.7 Å². The van der Waals surface area contributed by atoms with Gasteiger partial charge in [-0.1, -0.05) is 42.5 Å². The predicted molar refractivity (Wildman–Crippen MR) is 134 cm³/mol. The van der Waals surface area contributed by atoms with Crippen LogP contribution >= 0.6 is 0 Å². The summed E-state index contributed by atoms with van der Waals surface area (Å²) in [5, 5.41) is 2.90. The fraction of sp³-hybridized carbons (Fsp3) is 0.440. The van der Waals surface area contributed by atoms with Gasteiger partial charge in [0.25, 0.3) is 0 Å². The number of nitrogens with one attached hydrogen (secondary N) is 1. The molecule has 34 heavy (non-hydrogen) atoms. The van der Waals surface area contributed by atoms with Gasteiger partial charge in [0, 0.05) is 12.1 Å². The number of ether oxygens (including phenoxy) is 1. The number of rotatable bonds is 10. The minimum Gasteiger partial charge on any atom is -0.492 e. The number of benzene rings is 2. The molecule has 8 nitrogen and oxygen atoms in total. The predicted octanol–water partition coefficient (Wildman–Crippen LogP) is 3.18. The van der Waals surface area contributed by atoms with E-state index < -0.39 is 34.1 Å². The molecule has 0 saturated carbocycles. The van der Waals surface area contributed by atoms with E-state index in [1.807, 2.05) is 51.1 Å². The fourth-order valence-corrected chi connectivity index (χ4v) is 4.23. The van der Waals surface area contributed by atoms with Gasteiger partial charge in [-0.05, 0) is 52.3 Å². The average molecular weight is 490 g/mol. The molecule has 0 spiro atoms. The van der Waals surface area contributed by atoms with E-state index in [4.69, 9.17) is 4.74 Å². The number of hydrogen-bond donors (Lipinski definition) is 1. The molecule has 0 saturated heterocycles. The molecule has 0 aliphatic heterocycles. The Kier molecular flexibility index (Phi) is 9.09. The first-order chi connectivity index (χ1) is 15.8. The van der Waals surface area contributed by atoms with Crippen molar-refractivity contribution in [2.24, 2.45) is 0 Å². The largest absolute Gasteiger partial charge is 0.492 e. The molecule has 0 fully saturated rings. The second kappa shape index (κ2) is 11.4. The van der Waals surface area contributed by atoms with Crippen LogP contribution in [0.25, 0.3) is 0 Å². The Hall–Kier alpha value is -3.07. The molecule has 0 aliphatic rings. The van der Waals surface area contributed by atoms with Gasteiger partial charge >= 0.3 is 0 Å². The molecule has 186 valence electrons. The third-order valence-corrected chi connectivity index (χ3v) is 6.10. The van der Waals surface area contributed by atoms with Gasteiger partial charge in [-0.2, -0.15) is 0 Å². The molecule has 9 heteroatoms. The molecular weight excluding hydrogens is 454 g/mol. The molecule has 0 bridgehead atoms. The third-order valence-electron chi connectivity index (χ3n) is 4.97.